The SMILES string of the molecule is CC(=O)O[C@@H]1COc2ccccc2C1=O. The van der Waals surface area contributed by atoms with Crippen molar-refractivity contribution in [1.82, 2.24) is 0 Å². The van der Waals surface area contributed by atoms with E-state index in [0.717, 1.165) is 0 Å². The van der Waals surface area contributed by atoms with Gasteiger partial charge >= 0.3 is 5.97 Å². The summed E-state index contributed by atoms with van der Waals surface area (Å²) in [5.41, 5.74) is 0.468. The van der Waals surface area contributed by atoms with Crippen molar-refractivity contribution in [3.05, 3.63) is 29.8 Å². The first kappa shape index (κ1) is 9.71. The molecule has 4 heteroatoms. The Morgan fingerprint density at radius 1 is 1.47 bits per heavy atom. The largest absolute Gasteiger partial charge is 0.488 e. The van der Waals surface area contributed by atoms with Crippen LogP contribution in [0.1, 0.15) is 17.3 Å². The molecule has 4 nitrogen and oxygen atoms in total. The Labute approximate surface area is 86.8 Å². The lowest BCUT2D eigenvalue weighted by Crippen LogP contribution is -2.36. The fourth-order valence-electron chi connectivity index (χ4n) is 1.50. The van der Waals surface area contributed by atoms with Crippen LogP contribution in [0.15, 0.2) is 24.3 Å². The summed E-state index contributed by atoms with van der Waals surface area (Å²) in [4.78, 5) is 22.5. The highest BCUT2D eigenvalue weighted by Crippen LogP contribution is 2.25. The Kier molecular flexibility index (Phi) is 2.41. The van der Waals surface area contributed by atoms with E-state index < -0.39 is 12.1 Å². The average molecular weight is 206 g/mol. The smallest absolute Gasteiger partial charge is 0.303 e. The molecule has 0 aromatic heterocycles. The van der Waals surface area contributed by atoms with E-state index in [4.69, 9.17) is 9.47 Å². The Morgan fingerprint density at radius 3 is 2.93 bits per heavy atom. The molecule has 1 aromatic rings. The third-order valence-electron chi connectivity index (χ3n) is 2.14. The fourth-order valence-corrected chi connectivity index (χ4v) is 1.50. The molecule has 0 fully saturated rings. The lowest BCUT2D eigenvalue weighted by Gasteiger charge is -2.23. The van der Waals surface area contributed by atoms with Gasteiger partial charge in [0.25, 0.3) is 0 Å². The molecular weight excluding hydrogens is 196 g/mol. The predicted octanol–water partition coefficient (Wildman–Crippen LogP) is 1.19. The molecule has 1 aromatic carbocycles. The Bertz CT molecular complexity index is 411. The van der Waals surface area contributed by atoms with Gasteiger partial charge in [0, 0.05) is 6.92 Å². The highest BCUT2D eigenvalue weighted by atomic mass is 16.6. The standard InChI is InChI=1S/C11H10O4/c1-7(12)15-10-6-14-9-5-3-2-4-8(9)11(10)13/h2-5,10H,6H2,1H3/t10-/m1/s1. The number of hydrogen-bond acceptors (Lipinski definition) is 4. The second-order valence-electron chi connectivity index (χ2n) is 3.27. The molecule has 1 heterocycles. The van der Waals surface area contributed by atoms with Gasteiger partial charge < -0.3 is 9.47 Å². The summed E-state index contributed by atoms with van der Waals surface area (Å²) in [7, 11) is 0. The van der Waals surface area contributed by atoms with Gasteiger partial charge in [-0.2, -0.15) is 0 Å². The molecule has 0 saturated carbocycles. The normalized spacial score (nSPS) is 19.0. The average Bonchev–Trinajstić information content (AvgIpc) is 2.22. The highest BCUT2D eigenvalue weighted by molar-refractivity contribution is 6.03. The van der Waals surface area contributed by atoms with Crippen LogP contribution in [0.25, 0.3) is 0 Å². The molecule has 0 saturated heterocycles. The molecule has 2 rings (SSSR count). The number of para-hydroxylation sites is 1. The van der Waals surface area contributed by atoms with Crippen LogP contribution in [0.3, 0.4) is 0 Å². The minimum absolute atomic E-state index is 0.0927. The van der Waals surface area contributed by atoms with Crippen molar-refractivity contribution in [2.45, 2.75) is 13.0 Å². The van der Waals surface area contributed by atoms with Crippen LogP contribution in [0.5, 0.6) is 5.75 Å². The number of Topliss-reactive ketones (excluding diaryl/α,β-unsaturated/α-hetero) is 1. The predicted molar refractivity (Wildman–Crippen MR) is 51.8 cm³/mol. The summed E-state index contributed by atoms with van der Waals surface area (Å²) >= 11 is 0. The number of fused-ring (bicyclic) bond motifs is 1. The molecule has 78 valence electrons. The first-order valence-corrected chi connectivity index (χ1v) is 4.62. The van der Waals surface area contributed by atoms with Crippen molar-refractivity contribution in [1.29, 1.82) is 0 Å². The topological polar surface area (TPSA) is 52.6 Å². The van der Waals surface area contributed by atoms with Crippen molar-refractivity contribution in [2.24, 2.45) is 0 Å². The van der Waals surface area contributed by atoms with E-state index in [1.807, 2.05) is 0 Å². The van der Waals surface area contributed by atoms with Gasteiger partial charge in [-0.25, -0.2) is 0 Å². The zero-order valence-electron chi connectivity index (χ0n) is 8.23. The number of ether oxygens (including phenoxy) is 2. The number of rotatable bonds is 1. The number of hydrogen-bond donors (Lipinski definition) is 0. The summed E-state index contributed by atoms with van der Waals surface area (Å²) in [6.07, 6.45) is -0.808. The maximum absolute atomic E-state index is 11.8. The second-order valence-corrected chi connectivity index (χ2v) is 3.27. The molecule has 1 atom stereocenters. The van der Waals surface area contributed by atoms with Gasteiger partial charge in [-0.1, -0.05) is 12.1 Å². The van der Waals surface area contributed by atoms with Gasteiger partial charge in [0.1, 0.15) is 12.4 Å². The molecule has 0 N–H and O–H groups in total. The monoisotopic (exact) mass is 206 g/mol. The second kappa shape index (κ2) is 3.73. The summed E-state index contributed by atoms with van der Waals surface area (Å²) in [6, 6.07) is 6.92. The molecule has 0 unspecified atom stereocenters. The van der Waals surface area contributed by atoms with Crippen LogP contribution < -0.4 is 4.74 Å². The quantitative estimate of drug-likeness (QED) is 0.648. The zero-order valence-corrected chi connectivity index (χ0v) is 8.23. The van der Waals surface area contributed by atoms with E-state index in [2.05, 4.69) is 0 Å². The summed E-state index contributed by atoms with van der Waals surface area (Å²) < 4.78 is 10.2. The molecule has 0 aliphatic carbocycles. The van der Waals surface area contributed by atoms with E-state index >= 15 is 0 Å². The third kappa shape index (κ3) is 1.83. The van der Waals surface area contributed by atoms with Crippen LogP contribution in [-0.4, -0.2) is 24.5 Å². The summed E-state index contributed by atoms with van der Waals surface area (Å²) in [5, 5.41) is 0. The number of carbonyl (C=O) groups is 2. The molecular formula is C11H10O4. The van der Waals surface area contributed by atoms with Crippen molar-refractivity contribution in [2.75, 3.05) is 6.61 Å². The maximum atomic E-state index is 11.8. The van der Waals surface area contributed by atoms with E-state index in [-0.39, 0.29) is 12.4 Å². The summed E-state index contributed by atoms with van der Waals surface area (Å²) in [5.74, 6) is -0.130. The number of benzene rings is 1. The zero-order chi connectivity index (χ0) is 10.8. The minimum Gasteiger partial charge on any atom is -0.488 e. The van der Waals surface area contributed by atoms with Gasteiger partial charge in [0.05, 0.1) is 5.56 Å². The van der Waals surface area contributed by atoms with Crippen molar-refractivity contribution in [3.8, 4) is 5.75 Å². The van der Waals surface area contributed by atoms with Gasteiger partial charge in [-0.05, 0) is 12.1 Å². The third-order valence-corrected chi connectivity index (χ3v) is 2.14. The molecule has 0 spiro atoms. The van der Waals surface area contributed by atoms with Gasteiger partial charge in [0.2, 0.25) is 5.78 Å². The van der Waals surface area contributed by atoms with Crippen LogP contribution >= 0.6 is 0 Å². The molecule has 1 aliphatic heterocycles. The molecule has 0 amide bonds. The van der Waals surface area contributed by atoms with Crippen LogP contribution in [0.2, 0.25) is 0 Å². The van der Waals surface area contributed by atoms with Gasteiger partial charge in [0.15, 0.2) is 6.10 Å². The minimum atomic E-state index is -0.808. The number of carbonyl (C=O) groups excluding carboxylic acids is 2. The molecule has 15 heavy (non-hydrogen) atoms. The van der Waals surface area contributed by atoms with Gasteiger partial charge in [-0.15, -0.1) is 0 Å². The number of esters is 1. The highest BCUT2D eigenvalue weighted by Gasteiger charge is 2.30. The molecule has 0 bridgehead atoms. The lowest BCUT2D eigenvalue weighted by atomic mass is 10.0. The lowest BCUT2D eigenvalue weighted by molar-refractivity contribution is -0.145. The maximum Gasteiger partial charge on any atom is 0.303 e. The van der Waals surface area contributed by atoms with Crippen LogP contribution in [0, 0.1) is 0 Å². The first-order chi connectivity index (χ1) is 7.18. The Morgan fingerprint density at radius 2 is 2.20 bits per heavy atom. The number of ketones is 1. The Hall–Kier alpha value is -1.84. The summed E-state index contributed by atoms with van der Waals surface area (Å²) in [6.45, 7) is 1.36. The molecule has 0 radical (unpaired) electrons. The van der Waals surface area contributed by atoms with E-state index in [0.29, 0.717) is 11.3 Å². The fraction of sp³-hybridized carbons (Fsp3) is 0.273. The van der Waals surface area contributed by atoms with E-state index in [1.54, 1.807) is 24.3 Å². The van der Waals surface area contributed by atoms with Crippen molar-refractivity contribution in [3.63, 3.8) is 0 Å². The van der Waals surface area contributed by atoms with E-state index in [1.165, 1.54) is 6.92 Å². The van der Waals surface area contributed by atoms with Crippen LogP contribution in [-0.2, 0) is 9.53 Å². The van der Waals surface area contributed by atoms with Crippen LogP contribution in [0.4, 0.5) is 0 Å². The van der Waals surface area contributed by atoms with Crippen molar-refractivity contribution >= 4 is 11.8 Å². The Balaban J connectivity index is 2.26. The van der Waals surface area contributed by atoms with E-state index in [9.17, 15) is 9.59 Å². The first-order valence-electron chi connectivity index (χ1n) is 4.62. The molecule has 1 aliphatic rings. The van der Waals surface area contributed by atoms with Crippen molar-refractivity contribution < 1.29 is 19.1 Å². The van der Waals surface area contributed by atoms with Gasteiger partial charge in [-0.3, -0.25) is 9.59 Å².